The Hall–Kier alpha value is -4.96. The van der Waals surface area contributed by atoms with E-state index < -0.39 is 5.82 Å². The van der Waals surface area contributed by atoms with Crippen LogP contribution in [0.3, 0.4) is 0 Å². The van der Waals surface area contributed by atoms with Crippen LogP contribution in [-0.2, 0) is 4.79 Å². The number of hydrogen-bond donors (Lipinski definition) is 1. The second kappa shape index (κ2) is 9.35. The summed E-state index contributed by atoms with van der Waals surface area (Å²) in [5.74, 6) is 5.06. The molecule has 0 bridgehead atoms. The van der Waals surface area contributed by atoms with Gasteiger partial charge in [-0.3, -0.25) is 9.20 Å². The van der Waals surface area contributed by atoms with E-state index in [1.807, 2.05) is 6.07 Å². The van der Waals surface area contributed by atoms with Crippen molar-refractivity contribution in [3.05, 3.63) is 65.9 Å². The maximum absolute atomic E-state index is 15.1. The van der Waals surface area contributed by atoms with Crippen LogP contribution < -0.4 is 10.5 Å². The Kier molecular flexibility index (Phi) is 5.93. The second-order valence-corrected chi connectivity index (χ2v) is 8.20. The van der Waals surface area contributed by atoms with Crippen LogP contribution in [0.1, 0.15) is 30.5 Å². The van der Waals surface area contributed by atoms with Crippen molar-refractivity contribution in [2.24, 2.45) is 0 Å². The van der Waals surface area contributed by atoms with E-state index in [4.69, 9.17) is 20.7 Å². The van der Waals surface area contributed by atoms with E-state index in [2.05, 4.69) is 21.8 Å². The van der Waals surface area contributed by atoms with Crippen molar-refractivity contribution in [3.8, 4) is 40.9 Å². The minimum atomic E-state index is -0.631. The van der Waals surface area contributed by atoms with E-state index in [1.165, 1.54) is 30.5 Å². The molecule has 1 aromatic carbocycles. The van der Waals surface area contributed by atoms with Crippen molar-refractivity contribution in [3.63, 3.8) is 0 Å². The first kappa shape index (κ1) is 22.8. The lowest BCUT2D eigenvalue weighted by molar-refractivity contribution is -0.124. The minimum Gasteiger partial charge on any atom is -0.436 e. The highest BCUT2D eigenvalue weighted by Gasteiger charge is 2.31. The van der Waals surface area contributed by atoms with Gasteiger partial charge in [0, 0.05) is 43.0 Å². The van der Waals surface area contributed by atoms with Gasteiger partial charge in [0.25, 0.3) is 5.91 Å². The number of halogens is 1. The molecule has 1 unspecified atom stereocenters. The summed E-state index contributed by atoms with van der Waals surface area (Å²) in [6.45, 7) is 2.69. The number of rotatable bonds is 4. The molecule has 2 N–H and O–H groups in total. The molecule has 36 heavy (non-hydrogen) atoms. The van der Waals surface area contributed by atoms with E-state index in [9.17, 15) is 4.79 Å². The number of anilines is 1. The predicted molar refractivity (Wildman–Crippen MR) is 129 cm³/mol. The van der Waals surface area contributed by atoms with Crippen LogP contribution in [0.15, 0.2) is 48.8 Å². The summed E-state index contributed by atoms with van der Waals surface area (Å²) in [5.41, 5.74) is 8.53. The number of nitrogens with two attached hydrogens (primary N) is 1. The molecule has 4 aromatic rings. The quantitative estimate of drug-likeness (QED) is 0.443. The number of nitriles is 1. The third kappa shape index (κ3) is 4.17. The topological polar surface area (TPSA) is 122 Å². The number of hydrogen-bond acceptors (Lipinski definition) is 7. The standard InChI is InChI=1S/C26H20FN7O2/c1-2-3-23(35)33-11-8-18(15-33)24-20-7-10-31-26(29)34(20)25(32-24)17-4-5-21(19(27)13-17)36-22-12-16(14-28)6-9-30-22/h4-7,9-10,12-13,18H,8,11,15H2,1H3,(H2,29,31). The van der Waals surface area contributed by atoms with Crippen LogP contribution in [0.25, 0.3) is 16.9 Å². The Morgan fingerprint density at radius 3 is 2.83 bits per heavy atom. The lowest BCUT2D eigenvalue weighted by atomic mass is 10.0. The fraction of sp³-hybridized carbons (Fsp3) is 0.192. The average molecular weight is 481 g/mol. The van der Waals surface area contributed by atoms with Crippen molar-refractivity contribution in [1.29, 1.82) is 5.26 Å². The zero-order valence-electron chi connectivity index (χ0n) is 19.3. The first-order chi connectivity index (χ1) is 17.5. The van der Waals surface area contributed by atoms with Gasteiger partial charge in [0.05, 0.1) is 22.8 Å². The molecule has 3 aromatic heterocycles. The number of likely N-dealkylation sites (tertiary alicyclic amines) is 1. The molecule has 5 rings (SSSR count). The summed E-state index contributed by atoms with van der Waals surface area (Å²) in [4.78, 5) is 27.0. The fourth-order valence-corrected chi connectivity index (χ4v) is 4.30. The Bertz CT molecular complexity index is 1600. The molecule has 0 spiro atoms. The van der Waals surface area contributed by atoms with Gasteiger partial charge in [-0.05, 0) is 49.6 Å². The van der Waals surface area contributed by atoms with Gasteiger partial charge in [-0.25, -0.2) is 19.3 Å². The number of ether oxygens (including phenoxy) is 1. The lowest BCUT2D eigenvalue weighted by Gasteiger charge is -2.12. The number of carbonyl (C=O) groups is 1. The molecular weight excluding hydrogens is 461 g/mol. The fourth-order valence-electron chi connectivity index (χ4n) is 4.30. The van der Waals surface area contributed by atoms with Crippen LogP contribution in [0, 0.1) is 29.0 Å². The number of benzene rings is 1. The van der Waals surface area contributed by atoms with Crippen LogP contribution in [0.4, 0.5) is 10.3 Å². The first-order valence-electron chi connectivity index (χ1n) is 11.2. The van der Waals surface area contributed by atoms with Crippen molar-refractivity contribution in [1.82, 2.24) is 24.3 Å². The highest BCUT2D eigenvalue weighted by atomic mass is 19.1. The van der Waals surface area contributed by atoms with E-state index >= 15 is 4.39 Å². The molecule has 1 amide bonds. The zero-order chi connectivity index (χ0) is 25.2. The highest BCUT2D eigenvalue weighted by Crippen LogP contribution is 2.35. The molecule has 1 aliphatic heterocycles. The summed E-state index contributed by atoms with van der Waals surface area (Å²) in [5, 5.41) is 9.04. The molecule has 0 aliphatic carbocycles. The number of amides is 1. The molecular formula is C26H20FN7O2. The van der Waals surface area contributed by atoms with Gasteiger partial charge in [-0.1, -0.05) is 5.92 Å². The molecule has 178 valence electrons. The van der Waals surface area contributed by atoms with Gasteiger partial charge < -0.3 is 15.4 Å². The van der Waals surface area contributed by atoms with Crippen LogP contribution in [0.5, 0.6) is 11.6 Å². The number of nitrogens with zero attached hydrogens (tertiary/aromatic N) is 6. The van der Waals surface area contributed by atoms with E-state index in [-0.39, 0.29) is 29.4 Å². The Morgan fingerprint density at radius 1 is 1.22 bits per heavy atom. The maximum Gasteiger partial charge on any atom is 0.298 e. The molecule has 1 fully saturated rings. The van der Waals surface area contributed by atoms with E-state index in [0.29, 0.717) is 30.0 Å². The van der Waals surface area contributed by atoms with Gasteiger partial charge in [0.2, 0.25) is 11.8 Å². The molecule has 1 atom stereocenters. The molecule has 4 heterocycles. The zero-order valence-corrected chi connectivity index (χ0v) is 19.3. The Morgan fingerprint density at radius 2 is 2.06 bits per heavy atom. The third-order valence-corrected chi connectivity index (χ3v) is 5.97. The molecule has 0 saturated carbocycles. The van der Waals surface area contributed by atoms with Gasteiger partial charge in [-0.15, -0.1) is 0 Å². The molecule has 10 heteroatoms. The second-order valence-electron chi connectivity index (χ2n) is 8.20. The van der Waals surface area contributed by atoms with Crippen molar-refractivity contribution >= 4 is 17.4 Å². The first-order valence-corrected chi connectivity index (χ1v) is 11.2. The largest absolute Gasteiger partial charge is 0.436 e. The van der Waals surface area contributed by atoms with E-state index in [0.717, 1.165) is 17.6 Å². The number of nitrogen functional groups attached to an aromatic ring is 1. The number of carbonyl (C=O) groups excluding carboxylic acids is 1. The summed E-state index contributed by atoms with van der Waals surface area (Å²) in [7, 11) is 0. The van der Waals surface area contributed by atoms with Crippen LogP contribution in [-0.4, -0.2) is 43.2 Å². The summed E-state index contributed by atoms with van der Waals surface area (Å²) < 4.78 is 22.3. The molecule has 0 radical (unpaired) electrons. The lowest BCUT2D eigenvalue weighted by Crippen LogP contribution is -2.26. The Balaban J connectivity index is 1.50. The SMILES string of the molecule is CC#CC(=O)N1CCC(c2nc(-c3ccc(Oc4cc(C#N)ccn4)c(F)c3)n3c(N)nccc23)C1. The predicted octanol–water partition coefficient (Wildman–Crippen LogP) is 3.52. The maximum atomic E-state index is 15.1. The van der Waals surface area contributed by atoms with Crippen molar-refractivity contribution in [2.75, 3.05) is 18.8 Å². The van der Waals surface area contributed by atoms with Gasteiger partial charge >= 0.3 is 0 Å². The van der Waals surface area contributed by atoms with Gasteiger partial charge in [0.15, 0.2) is 11.6 Å². The summed E-state index contributed by atoms with van der Waals surface area (Å²) in [6, 6.07) is 11.2. The van der Waals surface area contributed by atoms with Crippen LogP contribution >= 0.6 is 0 Å². The number of imidazole rings is 1. The number of fused-ring (bicyclic) bond motifs is 1. The van der Waals surface area contributed by atoms with Crippen LogP contribution in [0.2, 0.25) is 0 Å². The van der Waals surface area contributed by atoms with E-state index in [1.54, 1.807) is 34.6 Å². The molecule has 1 saturated heterocycles. The third-order valence-electron chi connectivity index (χ3n) is 5.97. The molecule has 1 aliphatic rings. The normalized spacial score (nSPS) is 14.8. The summed E-state index contributed by atoms with van der Waals surface area (Å²) >= 11 is 0. The summed E-state index contributed by atoms with van der Waals surface area (Å²) in [6.07, 6.45) is 3.74. The van der Waals surface area contributed by atoms with Crippen molar-refractivity contribution in [2.45, 2.75) is 19.3 Å². The minimum absolute atomic E-state index is 0.0240. The van der Waals surface area contributed by atoms with Crippen molar-refractivity contribution < 1.29 is 13.9 Å². The Labute approximate surface area is 206 Å². The average Bonchev–Trinajstić information content (AvgIpc) is 3.52. The number of aromatic nitrogens is 4. The molecule has 9 nitrogen and oxygen atoms in total. The van der Waals surface area contributed by atoms with Gasteiger partial charge in [0.1, 0.15) is 5.82 Å². The van der Waals surface area contributed by atoms with Gasteiger partial charge in [-0.2, -0.15) is 5.26 Å². The monoisotopic (exact) mass is 481 g/mol. The smallest absolute Gasteiger partial charge is 0.298 e. The highest BCUT2D eigenvalue weighted by molar-refractivity contribution is 5.93. The number of pyridine rings is 1.